The van der Waals surface area contributed by atoms with E-state index >= 15 is 0 Å². The van der Waals surface area contributed by atoms with Crippen molar-refractivity contribution < 1.29 is 4.74 Å². The van der Waals surface area contributed by atoms with E-state index in [-0.39, 0.29) is 6.10 Å². The fourth-order valence-electron chi connectivity index (χ4n) is 1.92. The Balaban J connectivity index is 2.02. The van der Waals surface area contributed by atoms with E-state index in [2.05, 4.69) is 30.3 Å². The van der Waals surface area contributed by atoms with Gasteiger partial charge in [0.05, 0.1) is 0 Å². The summed E-state index contributed by atoms with van der Waals surface area (Å²) in [7, 11) is 0. The van der Waals surface area contributed by atoms with Crippen molar-refractivity contribution in [2.75, 3.05) is 5.75 Å². The van der Waals surface area contributed by atoms with Gasteiger partial charge in [-0.1, -0.05) is 48.2 Å². The van der Waals surface area contributed by atoms with Gasteiger partial charge in [0.25, 0.3) is 0 Å². The summed E-state index contributed by atoms with van der Waals surface area (Å²) in [4.78, 5) is 0. The molecule has 1 N–H and O–H groups in total. The Hall–Kier alpha value is -1.48. The van der Waals surface area contributed by atoms with Crippen LogP contribution in [0.5, 0.6) is 0 Å². The summed E-state index contributed by atoms with van der Waals surface area (Å²) in [6.07, 6.45) is 0.0436. The van der Waals surface area contributed by atoms with Crippen LogP contribution in [0, 0.1) is 5.41 Å². The maximum absolute atomic E-state index is 7.43. The monoisotopic (exact) mass is 229 g/mol. The molecule has 3 rings (SSSR count). The third-order valence-corrected chi connectivity index (χ3v) is 3.59. The highest BCUT2D eigenvalue weighted by atomic mass is 32.2. The minimum absolute atomic E-state index is 0.0436. The van der Waals surface area contributed by atoms with Gasteiger partial charge in [0.1, 0.15) is 6.10 Å². The van der Waals surface area contributed by atoms with Crippen LogP contribution in [-0.2, 0) is 4.74 Å². The molecular formula is C13H11NOS. The third kappa shape index (κ3) is 1.67. The van der Waals surface area contributed by atoms with Crippen LogP contribution in [0.2, 0.25) is 0 Å². The van der Waals surface area contributed by atoms with Crippen molar-refractivity contribution in [3.63, 3.8) is 0 Å². The van der Waals surface area contributed by atoms with Gasteiger partial charge in [-0.25, -0.2) is 0 Å². The first kappa shape index (κ1) is 9.73. The number of thioether (sulfide) groups is 1. The molecule has 0 aromatic heterocycles. The predicted octanol–water partition coefficient (Wildman–Crippen LogP) is 3.58. The Morgan fingerprint density at radius 1 is 1.12 bits per heavy atom. The van der Waals surface area contributed by atoms with Gasteiger partial charge in [0.15, 0.2) is 0 Å². The molecule has 1 unspecified atom stereocenters. The van der Waals surface area contributed by atoms with Crippen LogP contribution >= 0.6 is 11.8 Å². The van der Waals surface area contributed by atoms with Gasteiger partial charge in [-0.3, -0.25) is 5.41 Å². The second-order valence-corrected chi connectivity index (χ2v) is 4.80. The lowest BCUT2D eigenvalue weighted by molar-refractivity contribution is 0.234. The summed E-state index contributed by atoms with van der Waals surface area (Å²) in [5.41, 5.74) is 1.16. The Morgan fingerprint density at radius 2 is 1.94 bits per heavy atom. The van der Waals surface area contributed by atoms with E-state index in [1.165, 1.54) is 22.5 Å². The molecule has 0 aliphatic carbocycles. The number of benzene rings is 2. The van der Waals surface area contributed by atoms with Crippen molar-refractivity contribution in [2.45, 2.75) is 6.10 Å². The molecule has 0 saturated carbocycles. The standard InChI is InChI=1S/C13H11NOS/c14-13-15-12(8-16-13)11-6-5-9-3-1-2-4-10(9)7-11/h1-7,12,14H,8H2. The van der Waals surface area contributed by atoms with Crippen LogP contribution in [0.1, 0.15) is 11.7 Å². The van der Waals surface area contributed by atoms with Crippen LogP contribution in [-0.4, -0.2) is 11.0 Å². The van der Waals surface area contributed by atoms with Crippen LogP contribution in [0.25, 0.3) is 10.8 Å². The van der Waals surface area contributed by atoms with Crippen LogP contribution in [0.4, 0.5) is 0 Å². The van der Waals surface area contributed by atoms with Gasteiger partial charge >= 0.3 is 0 Å². The van der Waals surface area contributed by atoms with Crippen molar-refractivity contribution in [2.24, 2.45) is 0 Å². The summed E-state index contributed by atoms with van der Waals surface area (Å²) in [5.74, 6) is 0.844. The lowest BCUT2D eigenvalue weighted by atomic mass is 10.0. The van der Waals surface area contributed by atoms with Crippen molar-refractivity contribution in [1.29, 1.82) is 5.41 Å². The van der Waals surface area contributed by atoms with E-state index in [1.807, 2.05) is 12.1 Å². The van der Waals surface area contributed by atoms with Gasteiger partial charge in [0, 0.05) is 5.75 Å². The van der Waals surface area contributed by atoms with E-state index in [0.29, 0.717) is 5.23 Å². The molecule has 1 aliphatic rings. The molecule has 1 aliphatic heterocycles. The molecule has 0 radical (unpaired) electrons. The van der Waals surface area contributed by atoms with E-state index in [1.54, 1.807) is 0 Å². The fraction of sp³-hybridized carbons (Fsp3) is 0.154. The normalized spacial score (nSPS) is 20.0. The Kier molecular flexibility index (Phi) is 2.33. The first-order chi connectivity index (χ1) is 7.83. The van der Waals surface area contributed by atoms with Gasteiger partial charge in [-0.2, -0.15) is 0 Å². The summed E-state index contributed by atoms with van der Waals surface area (Å²) in [5, 5.41) is 10.2. The molecule has 16 heavy (non-hydrogen) atoms. The van der Waals surface area contributed by atoms with Crippen molar-refractivity contribution in [3.8, 4) is 0 Å². The molecule has 1 atom stereocenters. The molecule has 0 spiro atoms. The smallest absolute Gasteiger partial charge is 0.243 e. The molecule has 3 heteroatoms. The first-order valence-corrected chi connectivity index (χ1v) is 6.18. The minimum Gasteiger partial charge on any atom is -0.464 e. The molecular weight excluding hydrogens is 218 g/mol. The lowest BCUT2D eigenvalue weighted by Gasteiger charge is -2.10. The number of ether oxygens (including phenoxy) is 1. The van der Waals surface area contributed by atoms with E-state index in [4.69, 9.17) is 10.1 Å². The third-order valence-electron chi connectivity index (χ3n) is 2.76. The summed E-state index contributed by atoms with van der Waals surface area (Å²) in [6.45, 7) is 0. The molecule has 80 valence electrons. The molecule has 2 aromatic carbocycles. The largest absolute Gasteiger partial charge is 0.464 e. The topological polar surface area (TPSA) is 33.1 Å². The lowest BCUT2D eigenvalue weighted by Crippen LogP contribution is -1.99. The number of hydrogen-bond donors (Lipinski definition) is 1. The van der Waals surface area contributed by atoms with Crippen molar-refractivity contribution >= 4 is 27.8 Å². The second kappa shape index (κ2) is 3.83. The van der Waals surface area contributed by atoms with E-state index < -0.39 is 0 Å². The SMILES string of the molecule is N=C1OC(c2ccc3ccccc3c2)CS1. The van der Waals surface area contributed by atoms with Gasteiger partial charge in [0.2, 0.25) is 5.23 Å². The fourth-order valence-corrected chi connectivity index (χ4v) is 2.67. The van der Waals surface area contributed by atoms with Crippen LogP contribution in [0.3, 0.4) is 0 Å². The number of nitrogens with one attached hydrogen (secondary N) is 1. The quantitative estimate of drug-likeness (QED) is 0.810. The summed E-state index contributed by atoms with van der Waals surface area (Å²) >= 11 is 1.47. The maximum atomic E-state index is 7.43. The van der Waals surface area contributed by atoms with Crippen LogP contribution in [0.15, 0.2) is 42.5 Å². The summed E-state index contributed by atoms with van der Waals surface area (Å²) < 4.78 is 5.44. The van der Waals surface area contributed by atoms with Crippen LogP contribution < -0.4 is 0 Å². The highest BCUT2D eigenvalue weighted by molar-refractivity contribution is 8.13. The molecule has 0 amide bonds. The Bertz CT molecular complexity index is 552. The molecule has 1 heterocycles. The number of rotatable bonds is 1. The van der Waals surface area contributed by atoms with Gasteiger partial charge in [-0.05, 0) is 22.4 Å². The molecule has 2 aromatic rings. The van der Waals surface area contributed by atoms with Crippen molar-refractivity contribution in [3.05, 3.63) is 48.0 Å². The second-order valence-electron chi connectivity index (χ2n) is 3.81. The molecule has 1 saturated heterocycles. The zero-order chi connectivity index (χ0) is 11.0. The van der Waals surface area contributed by atoms with Crippen molar-refractivity contribution in [1.82, 2.24) is 0 Å². The molecule has 0 bridgehead atoms. The Labute approximate surface area is 98.1 Å². The maximum Gasteiger partial charge on any atom is 0.243 e. The van der Waals surface area contributed by atoms with Gasteiger partial charge < -0.3 is 4.74 Å². The number of hydrogen-bond acceptors (Lipinski definition) is 3. The first-order valence-electron chi connectivity index (χ1n) is 5.19. The highest BCUT2D eigenvalue weighted by Gasteiger charge is 2.23. The zero-order valence-corrected chi connectivity index (χ0v) is 9.46. The predicted molar refractivity (Wildman–Crippen MR) is 68.0 cm³/mol. The molecule has 2 nitrogen and oxygen atoms in total. The average molecular weight is 229 g/mol. The molecule has 1 fully saturated rings. The summed E-state index contributed by atoms with van der Waals surface area (Å²) in [6, 6.07) is 14.6. The van der Waals surface area contributed by atoms with E-state index in [0.717, 1.165) is 11.3 Å². The number of fused-ring (bicyclic) bond motifs is 1. The Morgan fingerprint density at radius 3 is 2.69 bits per heavy atom. The zero-order valence-electron chi connectivity index (χ0n) is 8.64. The average Bonchev–Trinajstić information content (AvgIpc) is 2.75. The minimum atomic E-state index is 0.0436. The van der Waals surface area contributed by atoms with Gasteiger partial charge in [-0.15, -0.1) is 0 Å². The van der Waals surface area contributed by atoms with E-state index in [9.17, 15) is 0 Å². The highest BCUT2D eigenvalue weighted by Crippen LogP contribution is 2.32.